The van der Waals surface area contributed by atoms with Crippen LogP contribution in [0.25, 0.3) is 0 Å². The van der Waals surface area contributed by atoms with Crippen LogP contribution in [0, 0.1) is 25.1 Å². The van der Waals surface area contributed by atoms with Gasteiger partial charge < -0.3 is 13.9 Å². The summed E-state index contributed by atoms with van der Waals surface area (Å²) in [7, 11) is -4.41. The van der Waals surface area contributed by atoms with Gasteiger partial charge in [0.1, 0.15) is 12.2 Å². The first-order valence-electron chi connectivity index (χ1n) is 1.72. The summed E-state index contributed by atoms with van der Waals surface area (Å²) in [4.78, 5) is 10.1. The van der Waals surface area contributed by atoms with E-state index in [0.717, 1.165) is 0 Å². The van der Waals surface area contributed by atoms with Gasteiger partial charge in [0.2, 0.25) is 0 Å². The maximum atomic E-state index is 10.1. The van der Waals surface area contributed by atoms with Crippen LogP contribution in [0.3, 0.4) is 0 Å². The number of terminal acetylenes is 2. The van der Waals surface area contributed by atoms with Crippen LogP contribution in [0.15, 0.2) is 0 Å². The third-order valence-corrected chi connectivity index (χ3v) is 0.987. The van der Waals surface area contributed by atoms with Crippen molar-refractivity contribution in [1.29, 1.82) is 0 Å². The molecule has 0 aliphatic heterocycles. The second-order valence-electron chi connectivity index (χ2n) is 0.865. The smallest absolute Gasteiger partial charge is 0.735 e. The Morgan fingerprint density at radius 3 is 1.80 bits per heavy atom. The molecule has 0 fully saturated rings. The van der Waals surface area contributed by atoms with Crippen LogP contribution in [0.4, 0.5) is 0 Å². The maximum absolute atomic E-state index is 10.1. The summed E-state index contributed by atoms with van der Waals surface area (Å²) in [6.07, 6.45) is 11.7. The molecule has 48 valence electrons. The molecule has 0 aromatic rings. The van der Waals surface area contributed by atoms with E-state index in [2.05, 4.69) is 21.9 Å². The molecule has 0 unspecified atom stereocenters. The van der Waals surface area contributed by atoms with Crippen LogP contribution < -0.4 is 56.3 Å². The zero-order valence-corrected chi connectivity index (χ0v) is 9.25. The number of hydrogen-bond donors (Lipinski definition) is 0. The standard InChI is InChI=1S/C4H3O4P.K/c1-3-7-9(5,6)8-4-2;/h1-2H,(H,5,6);/q;+1/p-1. The van der Waals surface area contributed by atoms with Crippen LogP contribution in [0.2, 0.25) is 0 Å². The van der Waals surface area contributed by atoms with Crippen LogP contribution in [-0.4, -0.2) is 0 Å². The minimum Gasteiger partial charge on any atom is -0.735 e. The Labute approximate surface area is 101 Å². The van der Waals surface area contributed by atoms with Gasteiger partial charge in [-0.05, 0) is 0 Å². The summed E-state index contributed by atoms with van der Waals surface area (Å²) in [5, 5.41) is 0. The van der Waals surface area contributed by atoms with Crippen LogP contribution in [-0.2, 0) is 13.6 Å². The second kappa shape index (κ2) is 6.27. The van der Waals surface area contributed by atoms with E-state index in [1.165, 1.54) is 12.2 Å². The van der Waals surface area contributed by atoms with Crippen molar-refractivity contribution in [1.82, 2.24) is 0 Å². The van der Waals surface area contributed by atoms with E-state index in [-0.39, 0.29) is 51.4 Å². The Kier molecular flexibility index (Phi) is 8.25. The molecule has 4 nitrogen and oxygen atoms in total. The average Bonchev–Trinajstić information content (AvgIpc) is 1.64. The summed E-state index contributed by atoms with van der Waals surface area (Å²) in [5.74, 6) is 0. The molecule has 0 amide bonds. The molecule has 0 saturated heterocycles. The van der Waals surface area contributed by atoms with Crippen molar-refractivity contribution < 1.29 is 69.9 Å². The minimum absolute atomic E-state index is 0. The van der Waals surface area contributed by atoms with Crippen molar-refractivity contribution in [2.45, 2.75) is 0 Å². The predicted molar refractivity (Wildman–Crippen MR) is 27.4 cm³/mol. The summed E-state index contributed by atoms with van der Waals surface area (Å²) < 4.78 is 17.4. The molecule has 0 radical (unpaired) electrons. The minimum atomic E-state index is -4.41. The monoisotopic (exact) mass is 184 g/mol. The SMILES string of the molecule is C#COP(=O)([O-])OC#C.[K+]. The Balaban J connectivity index is 0. The van der Waals surface area contributed by atoms with Crippen LogP contribution >= 0.6 is 7.82 Å². The summed E-state index contributed by atoms with van der Waals surface area (Å²) >= 11 is 0. The molecule has 0 aromatic carbocycles. The Morgan fingerprint density at radius 2 is 1.60 bits per heavy atom. The van der Waals surface area contributed by atoms with E-state index in [9.17, 15) is 9.46 Å². The van der Waals surface area contributed by atoms with Crippen LogP contribution in [0.1, 0.15) is 0 Å². The second-order valence-corrected chi connectivity index (χ2v) is 2.13. The zero-order chi connectivity index (χ0) is 7.33. The van der Waals surface area contributed by atoms with Crippen molar-refractivity contribution in [2.75, 3.05) is 0 Å². The number of rotatable bonds is 2. The molecule has 0 saturated carbocycles. The third-order valence-electron chi connectivity index (χ3n) is 0.329. The average molecular weight is 184 g/mol. The number of hydrogen-bond acceptors (Lipinski definition) is 4. The Morgan fingerprint density at radius 1 is 1.30 bits per heavy atom. The molecule has 0 spiro atoms. The van der Waals surface area contributed by atoms with Gasteiger partial charge >= 0.3 is 59.2 Å². The first kappa shape index (κ1) is 13.2. The van der Waals surface area contributed by atoms with Gasteiger partial charge in [0.15, 0.2) is 0 Å². The topological polar surface area (TPSA) is 58.6 Å². The molecule has 0 aliphatic carbocycles. The van der Waals surface area contributed by atoms with E-state index in [4.69, 9.17) is 0 Å². The van der Waals surface area contributed by atoms with E-state index in [1.807, 2.05) is 0 Å². The summed E-state index contributed by atoms with van der Waals surface area (Å²) in [6.45, 7) is 0. The van der Waals surface area contributed by atoms with Gasteiger partial charge in [0.05, 0.1) is 0 Å². The molecular formula is C4H2KO4P. The van der Waals surface area contributed by atoms with Gasteiger partial charge in [-0.2, -0.15) is 0 Å². The Hall–Kier alpha value is 0.546. The zero-order valence-electron chi connectivity index (χ0n) is 5.23. The molecule has 0 aromatic heterocycles. The van der Waals surface area contributed by atoms with Gasteiger partial charge in [0, 0.05) is 0 Å². The van der Waals surface area contributed by atoms with E-state index < -0.39 is 7.82 Å². The Bertz CT molecular complexity index is 192. The maximum Gasteiger partial charge on any atom is 1.00 e. The summed E-state index contributed by atoms with van der Waals surface area (Å²) in [5.41, 5.74) is 0. The molecule has 0 bridgehead atoms. The fourth-order valence-electron chi connectivity index (χ4n) is 0.148. The number of phosphoric acid groups is 1. The quantitative estimate of drug-likeness (QED) is 0.256. The van der Waals surface area contributed by atoms with Crippen molar-refractivity contribution in [3.05, 3.63) is 0 Å². The van der Waals surface area contributed by atoms with E-state index in [0.29, 0.717) is 0 Å². The molecule has 0 atom stereocenters. The number of phosphoric ester groups is 1. The van der Waals surface area contributed by atoms with Crippen molar-refractivity contribution >= 4 is 7.82 Å². The normalized spacial score (nSPS) is 7.90. The summed E-state index contributed by atoms with van der Waals surface area (Å²) in [6, 6.07) is 0. The van der Waals surface area contributed by atoms with Gasteiger partial charge in [-0.15, -0.1) is 0 Å². The van der Waals surface area contributed by atoms with Crippen molar-refractivity contribution in [2.24, 2.45) is 0 Å². The van der Waals surface area contributed by atoms with E-state index >= 15 is 0 Å². The van der Waals surface area contributed by atoms with Crippen molar-refractivity contribution in [3.63, 3.8) is 0 Å². The molecule has 0 heterocycles. The molecule has 0 rings (SSSR count). The largest absolute Gasteiger partial charge is 1.00 e. The molecule has 0 N–H and O–H groups in total. The first-order chi connectivity index (χ1) is 4.12. The fraction of sp³-hybridized carbons (Fsp3) is 0. The molecule has 10 heavy (non-hydrogen) atoms. The van der Waals surface area contributed by atoms with Gasteiger partial charge in [-0.1, -0.05) is 12.8 Å². The van der Waals surface area contributed by atoms with Gasteiger partial charge in [-0.3, -0.25) is 0 Å². The fourth-order valence-corrected chi connectivity index (χ4v) is 0.443. The molecule has 0 aliphatic rings. The van der Waals surface area contributed by atoms with Gasteiger partial charge in [-0.25, -0.2) is 4.57 Å². The van der Waals surface area contributed by atoms with Crippen LogP contribution in [0.5, 0.6) is 0 Å². The molecule has 6 heteroatoms. The van der Waals surface area contributed by atoms with Crippen molar-refractivity contribution in [3.8, 4) is 25.1 Å². The first-order valence-corrected chi connectivity index (χ1v) is 3.18. The molecular weight excluding hydrogens is 182 g/mol. The third kappa shape index (κ3) is 6.66. The van der Waals surface area contributed by atoms with E-state index in [1.54, 1.807) is 0 Å². The predicted octanol–water partition coefficient (Wildman–Crippen LogP) is -3.33. The van der Waals surface area contributed by atoms with Gasteiger partial charge in [0.25, 0.3) is 0 Å².